The molecule has 4 fully saturated rings. The zero-order valence-electron chi connectivity index (χ0n) is 7.75. The Balaban J connectivity index is 1.95. The Morgan fingerprint density at radius 3 is 2.38 bits per heavy atom. The number of carboxylic acids is 1. The quantitative estimate of drug-likeness (QED) is 0.670. The van der Waals surface area contributed by atoms with Crippen LogP contribution in [-0.2, 0) is 4.79 Å². The van der Waals surface area contributed by atoms with E-state index in [1.807, 2.05) is 0 Å². The summed E-state index contributed by atoms with van der Waals surface area (Å²) in [6.45, 7) is 0. The molecule has 2 nitrogen and oxygen atoms in total. The fourth-order valence-corrected chi connectivity index (χ4v) is 4.05. The molecule has 4 aliphatic rings. The highest BCUT2D eigenvalue weighted by Gasteiger charge is 2.54. The number of rotatable bonds is 1. The average molecular weight is 179 g/mol. The van der Waals surface area contributed by atoms with Crippen LogP contribution in [-0.4, -0.2) is 11.1 Å². The third-order valence-corrected chi connectivity index (χ3v) is 4.22. The van der Waals surface area contributed by atoms with Gasteiger partial charge in [-0.25, -0.2) is 0 Å². The molecule has 0 aromatic carbocycles. The maximum absolute atomic E-state index is 11.2. The van der Waals surface area contributed by atoms with Crippen molar-refractivity contribution in [3.05, 3.63) is 5.92 Å². The van der Waals surface area contributed by atoms with Gasteiger partial charge >= 0.3 is 5.97 Å². The van der Waals surface area contributed by atoms with Crippen LogP contribution in [0, 0.1) is 23.2 Å². The fourth-order valence-electron chi connectivity index (χ4n) is 4.05. The lowest BCUT2D eigenvalue weighted by Crippen LogP contribution is -2.49. The normalized spacial score (nSPS) is 48.3. The van der Waals surface area contributed by atoms with Gasteiger partial charge in [-0.15, -0.1) is 0 Å². The molecule has 0 aromatic rings. The Hall–Kier alpha value is -0.530. The Morgan fingerprint density at radius 1 is 1.31 bits per heavy atom. The second-order valence-corrected chi connectivity index (χ2v) is 5.30. The summed E-state index contributed by atoms with van der Waals surface area (Å²) in [6, 6.07) is 0. The van der Waals surface area contributed by atoms with E-state index in [-0.39, 0.29) is 5.41 Å². The van der Waals surface area contributed by atoms with Crippen molar-refractivity contribution in [2.24, 2.45) is 17.3 Å². The van der Waals surface area contributed by atoms with E-state index in [9.17, 15) is 9.90 Å². The molecule has 4 saturated carbocycles. The first-order valence-electron chi connectivity index (χ1n) is 5.25. The summed E-state index contributed by atoms with van der Waals surface area (Å²) >= 11 is 0. The van der Waals surface area contributed by atoms with E-state index in [1.165, 1.54) is 19.3 Å². The lowest BCUT2D eigenvalue weighted by Gasteiger charge is -2.54. The van der Waals surface area contributed by atoms with Crippen LogP contribution in [0.15, 0.2) is 0 Å². The van der Waals surface area contributed by atoms with Gasteiger partial charge in [0.2, 0.25) is 0 Å². The van der Waals surface area contributed by atoms with Crippen LogP contribution in [0.25, 0.3) is 0 Å². The Bertz CT molecular complexity index is 222. The van der Waals surface area contributed by atoms with Gasteiger partial charge in [0, 0.05) is 0 Å². The van der Waals surface area contributed by atoms with Crippen molar-refractivity contribution in [3.63, 3.8) is 0 Å². The molecular formula is C11H15O2. The first-order valence-corrected chi connectivity index (χ1v) is 5.25. The zero-order valence-corrected chi connectivity index (χ0v) is 7.75. The van der Waals surface area contributed by atoms with E-state index in [0.717, 1.165) is 19.3 Å². The third-order valence-electron chi connectivity index (χ3n) is 4.22. The molecule has 4 rings (SSSR count). The molecule has 4 aliphatic carbocycles. The molecule has 71 valence electrons. The van der Waals surface area contributed by atoms with Crippen molar-refractivity contribution in [1.29, 1.82) is 0 Å². The summed E-state index contributed by atoms with van der Waals surface area (Å²) in [6.07, 6.45) is 6.61. The molecule has 0 aliphatic heterocycles. The van der Waals surface area contributed by atoms with Crippen molar-refractivity contribution in [2.75, 3.05) is 0 Å². The zero-order chi connectivity index (χ0) is 9.05. The predicted octanol–water partition coefficient (Wildman–Crippen LogP) is 2.25. The standard InChI is InChI=1S/C11H15O2/c12-10(13)11-4-7-1-8(5-11)3-9(2-7)6-11/h7-8H,1-6H2,(H,12,13). The van der Waals surface area contributed by atoms with Crippen LogP contribution < -0.4 is 0 Å². The van der Waals surface area contributed by atoms with Crippen molar-refractivity contribution < 1.29 is 9.90 Å². The summed E-state index contributed by atoms with van der Waals surface area (Å²) in [4.78, 5) is 11.2. The van der Waals surface area contributed by atoms with E-state index >= 15 is 0 Å². The minimum absolute atomic E-state index is 0.320. The average Bonchev–Trinajstić information content (AvgIpc) is 2.00. The van der Waals surface area contributed by atoms with Crippen LogP contribution in [0.5, 0.6) is 0 Å². The maximum Gasteiger partial charge on any atom is 0.309 e. The van der Waals surface area contributed by atoms with Gasteiger partial charge in [0.1, 0.15) is 0 Å². The number of carboxylic acid groups (broad SMARTS) is 1. The maximum atomic E-state index is 11.2. The monoisotopic (exact) mass is 179 g/mol. The molecule has 1 N–H and O–H groups in total. The van der Waals surface area contributed by atoms with Gasteiger partial charge in [-0.3, -0.25) is 4.79 Å². The molecule has 1 radical (unpaired) electrons. The molecule has 0 heterocycles. The summed E-state index contributed by atoms with van der Waals surface area (Å²) in [7, 11) is 0. The molecule has 2 atom stereocenters. The first-order chi connectivity index (χ1) is 6.18. The number of hydrogen-bond donors (Lipinski definition) is 1. The van der Waals surface area contributed by atoms with Crippen molar-refractivity contribution in [1.82, 2.24) is 0 Å². The lowest BCUT2D eigenvalue weighted by atomic mass is 9.49. The summed E-state index contributed by atoms with van der Waals surface area (Å²) in [5, 5.41) is 9.27. The van der Waals surface area contributed by atoms with Crippen LogP contribution in [0.1, 0.15) is 38.5 Å². The minimum Gasteiger partial charge on any atom is -0.481 e. The van der Waals surface area contributed by atoms with Crippen LogP contribution in [0.4, 0.5) is 0 Å². The third kappa shape index (κ3) is 0.976. The minimum atomic E-state index is -0.529. The van der Waals surface area contributed by atoms with E-state index in [0.29, 0.717) is 11.8 Å². The molecule has 13 heavy (non-hydrogen) atoms. The molecule has 0 aromatic heterocycles. The highest BCUT2D eigenvalue weighted by molar-refractivity contribution is 5.75. The van der Waals surface area contributed by atoms with Gasteiger partial charge in [-0.2, -0.15) is 0 Å². The Morgan fingerprint density at radius 2 is 1.92 bits per heavy atom. The van der Waals surface area contributed by atoms with Gasteiger partial charge in [-0.05, 0) is 56.3 Å². The van der Waals surface area contributed by atoms with E-state index in [2.05, 4.69) is 0 Å². The molecule has 0 saturated heterocycles. The Labute approximate surface area is 78.3 Å². The lowest BCUT2D eigenvalue weighted by molar-refractivity contribution is -0.158. The van der Waals surface area contributed by atoms with Gasteiger partial charge in [0.15, 0.2) is 0 Å². The van der Waals surface area contributed by atoms with Crippen LogP contribution >= 0.6 is 0 Å². The van der Waals surface area contributed by atoms with E-state index in [4.69, 9.17) is 0 Å². The second-order valence-electron chi connectivity index (χ2n) is 5.30. The molecule has 2 unspecified atom stereocenters. The highest BCUT2D eigenvalue weighted by atomic mass is 16.4. The van der Waals surface area contributed by atoms with Gasteiger partial charge < -0.3 is 5.11 Å². The fraction of sp³-hybridized carbons (Fsp3) is 0.818. The summed E-state index contributed by atoms with van der Waals surface area (Å²) < 4.78 is 0. The number of aliphatic carboxylic acids is 1. The molecule has 2 heteroatoms. The van der Waals surface area contributed by atoms with Gasteiger partial charge in [-0.1, -0.05) is 0 Å². The molecule has 4 bridgehead atoms. The molecular weight excluding hydrogens is 164 g/mol. The van der Waals surface area contributed by atoms with Crippen molar-refractivity contribution in [3.8, 4) is 0 Å². The predicted molar refractivity (Wildman–Crippen MR) is 48.0 cm³/mol. The van der Waals surface area contributed by atoms with E-state index in [1.54, 1.807) is 5.92 Å². The molecule has 0 amide bonds. The smallest absolute Gasteiger partial charge is 0.309 e. The summed E-state index contributed by atoms with van der Waals surface area (Å²) in [5.41, 5.74) is -0.320. The second kappa shape index (κ2) is 2.28. The van der Waals surface area contributed by atoms with Crippen LogP contribution in [0.2, 0.25) is 0 Å². The van der Waals surface area contributed by atoms with Gasteiger partial charge in [0.05, 0.1) is 5.41 Å². The van der Waals surface area contributed by atoms with Crippen LogP contribution in [0.3, 0.4) is 0 Å². The van der Waals surface area contributed by atoms with Crippen molar-refractivity contribution >= 4 is 5.97 Å². The number of hydrogen-bond acceptors (Lipinski definition) is 1. The van der Waals surface area contributed by atoms with E-state index < -0.39 is 5.97 Å². The topological polar surface area (TPSA) is 37.3 Å². The SMILES string of the molecule is O=C(O)C12C[C]3CC(CC(C3)C1)C2. The van der Waals surface area contributed by atoms with Gasteiger partial charge in [0.25, 0.3) is 0 Å². The first kappa shape index (κ1) is 7.84. The summed E-state index contributed by atoms with van der Waals surface area (Å²) in [5.74, 6) is 2.46. The highest BCUT2D eigenvalue weighted by Crippen LogP contribution is 2.60. The Kier molecular flexibility index (Phi) is 1.38. The largest absolute Gasteiger partial charge is 0.481 e. The molecule has 0 spiro atoms. The van der Waals surface area contributed by atoms with Crippen molar-refractivity contribution in [2.45, 2.75) is 38.5 Å². The number of carbonyl (C=O) groups is 1.